The van der Waals surface area contributed by atoms with Crippen molar-refractivity contribution >= 4 is 5.91 Å². The number of benzene rings is 1. The fourth-order valence-electron chi connectivity index (χ4n) is 3.29. The summed E-state index contributed by atoms with van der Waals surface area (Å²) in [6.07, 6.45) is 6.49. The zero-order valence-electron chi connectivity index (χ0n) is 14.6. The molecule has 6 nitrogen and oxygen atoms in total. The van der Waals surface area contributed by atoms with Gasteiger partial charge < -0.3 is 19.5 Å². The minimum absolute atomic E-state index is 0.169. The third-order valence-corrected chi connectivity index (χ3v) is 4.67. The van der Waals surface area contributed by atoms with Gasteiger partial charge >= 0.3 is 0 Å². The van der Waals surface area contributed by atoms with E-state index in [0.717, 1.165) is 18.4 Å². The molecular formula is C20H22N2O4. The maximum atomic E-state index is 12.5. The van der Waals surface area contributed by atoms with Crippen LogP contribution in [0.5, 0.6) is 17.4 Å². The first-order chi connectivity index (χ1) is 12.8. The Bertz CT molecular complexity index is 787. The van der Waals surface area contributed by atoms with E-state index >= 15 is 0 Å². The van der Waals surface area contributed by atoms with Crippen LogP contribution in [0.4, 0.5) is 0 Å². The summed E-state index contributed by atoms with van der Waals surface area (Å²) in [7, 11) is 0. The molecule has 0 saturated heterocycles. The van der Waals surface area contributed by atoms with Crippen LogP contribution in [0.3, 0.4) is 0 Å². The standard InChI is InChI=1S/C20H22N2O4/c23-19(14-7-8-17-18(12-14)25-11-10-24-17)22-13-15-4-3-9-21-20(15)26-16-5-1-2-6-16/h3-4,7-9,12,16H,1-2,5-6,10-11,13H2,(H,22,23). The molecule has 2 aliphatic rings. The molecule has 26 heavy (non-hydrogen) atoms. The monoisotopic (exact) mass is 354 g/mol. The van der Waals surface area contributed by atoms with Gasteiger partial charge in [0.2, 0.25) is 5.88 Å². The van der Waals surface area contributed by atoms with E-state index in [1.807, 2.05) is 12.1 Å². The predicted octanol–water partition coefficient (Wildman–Crippen LogP) is 3.10. The van der Waals surface area contributed by atoms with Crippen molar-refractivity contribution in [3.63, 3.8) is 0 Å². The van der Waals surface area contributed by atoms with Crippen LogP contribution in [0.1, 0.15) is 41.6 Å². The van der Waals surface area contributed by atoms with E-state index in [9.17, 15) is 4.79 Å². The molecule has 1 aromatic carbocycles. The minimum Gasteiger partial charge on any atom is -0.486 e. The van der Waals surface area contributed by atoms with Crippen LogP contribution in [0.15, 0.2) is 36.5 Å². The van der Waals surface area contributed by atoms with E-state index < -0.39 is 0 Å². The Morgan fingerprint density at radius 2 is 1.96 bits per heavy atom. The highest BCUT2D eigenvalue weighted by Crippen LogP contribution is 2.31. The summed E-state index contributed by atoms with van der Waals surface area (Å²) in [6.45, 7) is 1.39. The zero-order chi connectivity index (χ0) is 17.8. The summed E-state index contributed by atoms with van der Waals surface area (Å²) in [5.74, 6) is 1.72. The highest BCUT2D eigenvalue weighted by molar-refractivity contribution is 5.94. The maximum absolute atomic E-state index is 12.5. The molecule has 0 spiro atoms. The van der Waals surface area contributed by atoms with Crippen molar-refractivity contribution in [1.29, 1.82) is 0 Å². The van der Waals surface area contributed by atoms with Gasteiger partial charge in [-0.25, -0.2) is 4.98 Å². The Hall–Kier alpha value is -2.76. The largest absolute Gasteiger partial charge is 0.486 e. The molecule has 0 unspecified atom stereocenters. The molecule has 2 aromatic rings. The topological polar surface area (TPSA) is 69.7 Å². The molecule has 6 heteroatoms. The van der Waals surface area contributed by atoms with E-state index in [0.29, 0.717) is 42.7 Å². The minimum atomic E-state index is -0.169. The number of fused-ring (bicyclic) bond motifs is 1. The van der Waals surface area contributed by atoms with Gasteiger partial charge in [-0.3, -0.25) is 4.79 Å². The fraction of sp³-hybridized carbons (Fsp3) is 0.400. The average molecular weight is 354 g/mol. The van der Waals surface area contributed by atoms with Gasteiger partial charge in [0.15, 0.2) is 11.5 Å². The highest BCUT2D eigenvalue weighted by Gasteiger charge is 2.19. The van der Waals surface area contributed by atoms with Gasteiger partial charge in [0.25, 0.3) is 5.91 Å². The lowest BCUT2D eigenvalue weighted by Crippen LogP contribution is -2.24. The lowest BCUT2D eigenvalue weighted by Gasteiger charge is -2.19. The number of carbonyl (C=O) groups is 1. The normalized spacial score (nSPS) is 16.3. The second kappa shape index (κ2) is 7.64. The molecule has 0 bridgehead atoms. The number of ether oxygens (including phenoxy) is 3. The molecular weight excluding hydrogens is 332 g/mol. The summed E-state index contributed by atoms with van der Waals surface area (Å²) in [4.78, 5) is 16.8. The van der Waals surface area contributed by atoms with E-state index in [4.69, 9.17) is 14.2 Å². The third kappa shape index (κ3) is 3.74. The molecule has 4 rings (SSSR count). The van der Waals surface area contributed by atoms with Gasteiger partial charge in [0.05, 0.1) is 0 Å². The number of pyridine rings is 1. The summed E-state index contributed by atoms with van der Waals surface area (Å²) < 4.78 is 17.0. The molecule has 1 amide bonds. The molecule has 2 heterocycles. The van der Waals surface area contributed by atoms with E-state index in [1.54, 1.807) is 24.4 Å². The Balaban J connectivity index is 1.41. The molecule has 1 aliphatic heterocycles. The molecule has 0 radical (unpaired) electrons. The number of aromatic nitrogens is 1. The first-order valence-electron chi connectivity index (χ1n) is 9.08. The van der Waals surface area contributed by atoms with Crippen LogP contribution in [0.2, 0.25) is 0 Å². The number of rotatable bonds is 5. The van der Waals surface area contributed by atoms with Crippen LogP contribution >= 0.6 is 0 Å². The van der Waals surface area contributed by atoms with Gasteiger partial charge in [0, 0.05) is 23.9 Å². The molecule has 1 saturated carbocycles. The van der Waals surface area contributed by atoms with Crippen molar-refractivity contribution in [1.82, 2.24) is 10.3 Å². The molecule has 1 N–H and O–H groups in total. The van der Waals surface area contributed by atoms with Crippen LogP contribution in [0.25, 0.3) is 0 Å². The van der Waals surface area contributed by atoms with Crippen molar-refractivity contribution < 1.29 is 19.0 Å². The Morgan fingerprint density at radius 1 is 1.15 bits per heavy atom. The maximum Gasteiger partial charge on any atom is 0.251 e. The number of amides is 1. The molecule has 1 aromatic heterocycles. The van der Waals surface area contributed by atoms with Gasteiger partial charge in [-0.05, 0) is 49.9 Å². The summed E-state index contributed by atoms with van der Waals surface area (Å²) in [5, 5.41) is 2.93. The van der Waals surface area contributed by atoms with E-state index in [2.05, 4.69) is 10.3 Å². The first-order valence-corrected chi connectivity index (χ1v) is 9.08. The van der Waals surface area contributed by atoms with Crippen LogP contribution in [-0.2, 0) is 6.54 Å². The average Bonchev–Trinajstić information content (AvgIpc) is 3.20. The van der Waals surface area contributed by atoms with Gasteiger partial charge in [-0.15, -0.1) is 0 Å². The number of carbonyl (C=O) groups excluding carboxylic acids is 1. The van der Waals surface area contributed by atoms with Crippen LogP contribution < -0.4 is 19.5 Å². The van der Waals surface area contributed by atoms with Crippen LogP contribution in [0, 0.1) is 0 Å². The Morgan fingerprint density at radius 3 is 2.81 bits per heavy atom. The zero-order valence-corrected chi connectivity index (χ0v) is 14.6. The SMILES string of the molecule is O=C(NCc1cccnc1OC1CCCC1)c1ccc2c(c1)OCCO2. The summed E-state index contributed by atoms with van der Waals surface area (Å²) >= 11 is 0. The van der Waals surface area contributed by atoms with Crippen LogP contribution in [-0.4, -0.2) is 30.2 Å². The quantitative estimate of drug-likeness (QED) is 0.893. The fourth-order valence-corrected chi connectivity index (χ4v) is 3.29. The van der Waals surface area contributed by atoms with E-state index in [-0.39, 0.29) is 12.0 Å². The number of nitrogens with zero attached hydrogens (tertiary/aromatic N) is 1. The molecule has 1 fully saturated rings. The van der Waals surface area contributed by atoms with Crippen molar-refractivity contribution in [3.05, 3.63) is 47.7 Å². The van der Waals surface area contributed by atoms with Crippen molar-refractivity contribution in [2.75, 3.05) is 13.2 Å². The van der Waals surface area contributed by atoms with Crippen molar-refractivity contribution in [3.8, 4) is 17.4 Å². The number of hydrogen-bond donors (Lipinski definition) is 1. The lowest BCUT2D eigenvalue weighted by atomic mass is 10.1. The second-order valence-electron chi connectivity index (χ2n) is 6.53. The van der Waals surface area contributed by atoms with E-state index in [1.165, 1.54) is 12.8 Å². The lowest BCUT2D eigenvalue weighted by molar-refractivity contribution is 0.0949. The van der Waals surface area contributed by atoms with Crippen molar-refractivity contribution in [2.24, 2.45) is 0 Å². The summed E-state index contributed by atoms with van der Waals surface area (Å²) in [5.41, 5.74) is 1.42. The van der Waals surface area contributed by atoms with Gasteiger partial charge in [0.1, 0.15) is 19.3 Å². The molecule has 136 valence electrons. The molecule has 0 atom stereocenters. The van der Waals surface area contributed by atoms with Crippen molar-refractivity contribution in [2.45, 2.75) is 38.3 Å². The Kier molecular flexibility index (Phi) is 4.91. The number of hydrogen-bond acceptors (Lipinski definition) is 5. The summed E-state index contributed by atoms with van der Waals surface area (Å²) in [6, 6.07) is 9.00. The Labute approximate surface area is 152 Å². The third-order valence-electron chi connectivity index (χ3n) is 4.67. The van der Waals surface area contributed by atoms with Gasteiger partial charge in [-0.1, -0.05) is 6.07 Å². The highest BCUT2D eigenvalue weighted by atomic mass is 16.6. The molecule has 1 aliphatic carbocycles. The second-order valence-corrected chi connectivity index (χ2v) is 6.53. The number of nitrogens with one attached hydrogen (secondary N) is 1. The smallest absolute Gasteiger partial charge is 0.251 e. The predicted molar refractivity (Wildman–Crippen MR) is 95.7 cm³/mol. The first kappa shape index (κ1) is 16.7. The van der Waals surface area contributed by atoms with Gasteiger partial charge in [-0.2, -0.15) is 0 Å².